The van der Waals surface area contributed by atoms with Crippen molar-refractivity contribution in [3.8, 4) is 0 Å². The Labute approximate surface area is 75.0 Å². The molecule has 6 nitrogen and oxygen atoms in total. The Morgan fingerprint density at radius 1 is 1.85 bits per heavy atom. The van der Waals surface area contributed by atoms with Crippen LogP contribution in [-0.4, -0.2) is 17.7 Å². The number of nitrogens with zero attached hydrogens (tertiary/aromatic N) is 1. The highest BCUT2D eigenvalue weighted by molar-refractivity contribution is 5.91. The smallest absolute Gasteiger partial charge is 0.287 e. The van der Waals surface area contributed by atoms with Crippen LogP contribution in [0.5, 0.6) is 0 Å². The molecule has 0 saturated carbocycles. The topological polar surface area (TPSA) is 90.4 Å². The summed E-state index contributed by atoms with van der Waals surface area (Å²) in [6.45, 7) is 2.75. The van der Waals surface area contributed by atoms with Gasteiger partial charge in [-0.25, -0.2) is 5.84 Å². The highest BCUT2D eigenvalue weighted by Crippen LogP contribution is 2.04. The second-order valence-corrected chi connectivity index (χ2v) is 2.29. The third kappa shape index (κ3) is 2.53. The van der Waals surface area contributed by atoms with E-state index in [1.165, 1.54) is 6.07 Å². The maximum atomic E-state index is 10.9. The van der Waals surface area contributed by atoms with E-state index < -0.39 is 5.91 Å². The number of aromatic nitrogens is 1. The molecule has 72 valence electrons. The van der Waals surface area contributed by atoms with E-state index in [0.717, 1.165) is 0 Å². The summed E-state index contributed by atoms with van der Waals surface area (Å²) in [5.74, 6) is 4.92. The minimum atomic E-state index is -0.480. The summed E-state index contributed by atoms with van der Waals surface area (Å²) in [6.07, 6.45) is 0. The van der Waals surface area contributed by atoms with Gasteiger partial charge in [-0.1, -0.05) is 5.16 Å². The van der Waals surface area contributed by atoms with Gasteiger partial charge in [0.2, 0.25) is 0 Å². The summed E-state index contributed by atoms with van der Waals surface area (Å²) in [7, 11) is 0. The van der Waals surface area contributed by atoms with E-state index in [1.807, 2.05) is 12.3 Å². The van der Waals surface area contributed by atoms with Gasteiger partial charge in [0.05, 0.1) is 0 Å². The molecule has 13 heavy (non-hydrogen) atoms. The van der Waals surface area contributed by atoms with Gasteiger partial charge < -0.3 is 9.26 Å². The number of carbonyl (C=O) groups excluding carboxylic acids is 1. The van der Waals surface area contributed by atoms with Crippen molar-refractivity contribution in [3.63, 3.8) is 0 Å². The molecule has 1 heterocycles. The molecule has 0 bridgehead atoms. The normalized spacial score (nSPS) is 10.0. The Morgan fingerprint density at radius 3 is 3.23 bits per heavy atom. The van der Waals surface area contributed by atoms with Crippen molar-refractivity contribution in [1.29, 1.82) is 0 Å². The SMILES string of the molecule is CCOCc1cc(C(=O)NN)no1. The molecule has 0 fully saturated rings. The van der Waals surface area contributed by atoms with Crippen LogP contribution >= 0.6 is 0 Å². The lowest BCUT2D eigenvalue weighted by Crippen LogP contribution is -2.30. The first-order valence-corrected chi connectivity index (χ1v) is 3.82. The maximum Gasteiger partial charge on any atom is 0.287 e. The second-order valence-electron chi connectivity index (χ2n) is 2.29. The van der Waals surface area contributed by atoms with Crippen LogP contribution in [0.4, 0.5) is 0 Å². The van der Waals surface area contributed by atoms with Crippen LogP contribution in [0.15, 0.2) is 10.6 Å². The molecule has 0 aromatic carbocycles. The molecule has 0 atom stereocenters. The van der Waals surface area contributed by atoms with Gasteiger partial charge in [-0.05, 0) is 6.92 Å². The van der Waals surface area contributed by atoms with E-state index in [9.17, 15) is 4.79 Å². The van der Waals surface area contributed by atoms with Gasteiger partial charge in [0.25, 0.3) is 5.91 Å². The zero-order chi connectivity index (χ0) is 9.68. The van der Waals surface area contributed by atoms with Crippen molar-refractivity contribution in [3.05, 3.63) is 17.5 Å². The highest BCUT2D eigenvalue weighted by Gasteiger charge is 2.10. The number of ether oxygens (including phenoxy) is 1. The lowest BCUT2D eigenvalue weighted by atomic mass is 10.3. The molecule has 1 amide bonds. The van der Waals surface area contributed by atoms with Crippen molar-refractivity contribution in [1.82, 2.24) is 10.6 Å². The Kier molecular flexibility index (Phi) is 3.41. The summed E-state index contributed by atoms with van der Waals surface area (Å²) in [5.41, 5.74) is 2.10. The molecule has 0 aliphatic carbocycles. The monoisotopic (exact) mass is 185 g/mol. The molecule has 0 radical (unpaired) electrons. The molecular formula is C7H11N3O3. The van der Waals surface area contributed by atoms with Crippen molar-refractivity contribution in [2.75, 3.05) is 6.61 Å². The van der Waals surface area contributed by atoms with E-state index in [0.29, 0.717) is 19.0 Å². The maximum absolute atomic E-state index is 10.9. The largest absolute Gasteiger partial charge is 0.374 e. The first kappa shape index (κ1) is 9.69. The van der Waals surface area contributed by atoms with Gasteiger partial charge in [-0.3, -0.25) is 10.2 Å². The fourth-order valence-electron chi connectivity index (χ4n) is 0.765. The molecule has 6 heteroatoms. The average Bonchev–Trinajstić information content (AvgIpc) is 2.62. The number of amides is 1. The first-order valence-electron chi connectivity index (χ1n) is 3.82. The Hall–Kier alpha value is -1.40. The number of nitrogen functional groups attached to an aromatic ring is 1. The van der Waals surface area contributed by atoms with Crippen LogP contribution in [0, 0.1) is 0 Å². The highest BCUT2D eigenvalue weighted by atomic mass is 16.5. The Balaban J connectivity index is 2.58. The predicted molar refractivity (Wildman–Crippen MR) is 43.5 cm³/mol. The Morgan fingerprint density at radius 2 is 2.62 bits per heavy atom. The summed E-state index contributed by atoms with van der Waals surface area (Å²) in [6, 6.07) is 1.48. The van der Waals surface area contributed by atoms with Crippen LogP contribution in [0.3, 0.4) is 0 Å². The van der Waals surface area contributed by atoms with Gasteiger partial charge in [0, 0.05) is 12.7 Å². The van der Waals surface area contributed by atoms with E-state index in [1.54, 1.807) is 0 Å². The lowest BCUT2D eigenvalue weighted by Gasteiger charge is -1.93. The molecule has 0 unspecified atom stereocenters. The third-order valence-electron chi connectivity index (χ3n) is 1.37. The molecule has 1 aromatic rings. The van der Waals surface area contributed by atoms with Gasteiger partial charge >= 0.3 is 0 Å². The van der Waals surface area contributed by atoms with Crippen molar-refractivity contribution in [2.45, 2.75) is 13.5 Å². The van der Waals surface area contributed by atoms with Gasteiger partial charge in [-0.15, -0.1) is 0 Å². The first-order chi connectivity index (χ1) is 6.27. The second kappa shape index (κ2) is 4.58. The van der Waals surface area contributed by atoms with Gasteiger partial charge in [-0.2, -0.15) is 0 Å². The number of rotatable bonds is 4. The summed E-state index contributed by atoms with van der Waals surface area (Å²) in [5, 5.41) is 3.49. The van der Waals surface area contributed by atoms with E-state index >= 15 is 0 Å². The minimum absolute atomic E-state index is 0.150. The molecule has 1 aromatic heterocycles. The minimum Gasteiger partial charge on any atom is -0.374 e. The molecule has 0 aliphatic rings. The molecular weight excluding hydrogens is 174 g/mol. The number of nitrogens with one attached hydrogen (secondary N) is 1. The van der Waals surface area contributed by atoms with E-state index in [4.69, 9.17) is 15.1 Å². The zero-order valence-corrected chi connectivity index (χ0v) is 7.24. The number of hydrazine groups is 1. The number of nitrogens with two attached hydrogens (primary N) is 1. The predicted octanol–water partition coefficient (Wildman–Crippen LogP) is -0.185. The Bertz CT molecular complexity index is 284. The number of hydrogen-bond acceptors (Lipinski definition) is 5. The van der Waals surface area contributed by atoms with Crippen LogP contribution in [-0.2, 0) is 11.3 Å². The van der Waals surface area contributed by atoms with Gasteiger partial charge in [0.15, 0.2) is 11.5 Å². The average molecular weight is 185 g/mol. The standard InChI is InChI=1S/C7H11N3O3/c1-2-12-4-5-3-6(10-13-5)7(11)9-8/h3H,2,4,8H2,1H3,(H,9,11). The number of hydrogen-bond donors (Lipinski definition) is 2. The molecule has 0 spiro atoms. The molecule has 0 saturated heterocycles. The van der Waals surface area contributed by atoms with Gasteiger partial charge in [0.1, 0.15) is 6.61 Å². The van der Waals surface area contributed by atoms with Crippen LogP contribution in [0.1, 0.15) is 23.2 Å². The van der Waals surface area contributed by atoms with Crippen LogP contribution in [0.25, 0.3) is 0 Å². The quantitative estimate of drug-likeness (QED) is 0.385. The van der Waals surface area contributed by atoms with Crippen molar-refractivity contribution >= 4 is 5.91 Å². The van der Waals surface area contributed by atoms with Crippen molar-refractivity contribution < 1.29 is 14.1 Å². The summed E-state index contributed by atoms with van der Waals surface area (Å²) < 4.78 is 9.85. The van der Waals surface area contributed by atoms with Crippen molar-refractivity contribution in [2.24, 2.45) is 5.84 Å². The summed E-state index contributed by atoms with van der Waals surface area (Å²) >= 11 is 0. The summed E-state index contributed by atoms with van der Waals surface area (Å²) in [4.78, 5) is 10.9. The molecule has 1 rings (SSSR count). The van der Waals surface area contributed by atoms with E-state index in [2.05, 4.69) is 5.16 Å². The van der Waals surface area contributed by atoms with Crippen LogP contribution in [0.2, 0.25) is 0 Å². The molecule has 0 aliphatic heterocycles. The molecule has 3 N–H and O–H groups in total. The fraction of sp³-hybridized carbons (Fsp3) is 0.429. The lowest BCUT2D eigenvalue weighted by molar-refractivity contribution is 0.0942. The third-order valence-corrected chi connectivity index (χ3v) is 1.37. The van der Waals surface area contributed by atoms with Crippen LogP contribution < -0.4 is 11.3 Å². The fourth-order valence-corrected chi connectivity index (χ4v) is 0.765. The van der Waals surface area contributed by atoms with E-state index in [-0.39, 0.29) is 5.69 Å². The number of carbonyl (C=O) groups is 1. The zero-order valence-electron chi connectivity index (χ0n) is 7.24.